The molecule has 1 rings (SSSR count). The van der Waals surface area contributed by atoms with Gasteiger partial charge in [0.1, 0.15) is 5.75 Å². The summed E-state index contributed by atoms with van der Waals surface area (Å²) in [5.74, 6) is -0.258. The van der Waals surface area contributed by atoms with Gasteiger partial charge in [-0.3, -0.25) is 9.10 Å². The van der Waals surface area contributed by atoms with Gasteiger partial charge in [0.25, 0.3) is 0 Å². The number of aliphatic carboxylic acids is 1. The molecule has 1 N–H and O–H groups in total. The lowest BCUT2D eigenvalue weighted by Gasteiger charge is -2.22. The van der Waals surface area contributed by atoms with Gasteiger partial charge in [-0.15, -0.1) is 0 Å². The van der Waals surface area contributed by atoms with Crippen LogP contribution in [0.1, 0.15) is 26.2 Å². The van der Waals surface area contributed by atoms with Crippen molar-refractivity contribution in [2.75, 3.05) is 23.7 Å². The quantitative estimate of drug-likeness (QED) is 0.754. The van der Waals surface area contributed by atoms with Crippen LogP contribution in [0.15, 0.2) is 24.3 Å². The molecule has 0 saturated heterocycles. The number of nitrogens with zero attached hydrogens (tertiary/aromatic N) is 1. The van der Waals surface area contributed by atoms with Gasteiger partial charge in [0.05, 0.1) is 18.6 Å². The Bertz CT molecular complexity index is 553. The number of benzene rings is 1. The van der Waals surface area contributed by atoms with E-state index in [0.717, 1.165) is 12.7 Å². The minimum absolute atomic E-state index is 0.0658. The van der Waals surface area contributed by atoms with Crippen LogP contribution in [0.3, 0.4) is 0 Å². The number of hydrogen-bond donors (Lipinski definition) is 1. The highest BCUT2D eigenvalue weighted by Gasteiger charge is 2.17. The summed E-state index contributed by atoms with van der Waals surface area (Å²) in [4.78, 5) is 10.5. The molecule has 21 heavy (non-hydrogen) atoms. The Hall–Kier alpha value is -1.76. The van der Waals surface area contributed by atoms with Crippen LogP contribution in [-0.4, -0.2) is 38.9 Å². The maximum Gasteiger partial charge on any atom is 0.303 e. The van der Waals surface area contributed by atoms with Gasteiger partial charge >= 0.3 is 5.97 Å². The van der Waals surface area contributed by atoms with Crippen LogP contribution in [0.25, 0.3) is 0 Å². The lowest BCUT2D eigenvalue weighted by molar-refractivity contribution is -0.137. The highest BCUT2D eigenvalue weighted by atomic mass is 32.2. The molecule has 0 unspecified atom stereocenters. The van der Waals surface area contributed by atoms with Crippen LogP contribution in [0, 0.1) is 0 Å². The average Bonchev–Trinajstić information content (AvgIpc) is 2.40. The van der Waals surface area contributed by atoms with Crippen molar-refractivity contribution in [2.45, 2.75) is 26.2 Å². The van der Waals surface area contributed by atoms with E-state index < -0.39 is 16.0 Å². The topological polar surface area (TPSA) is 83.9 Å². The Balaban J connectivity index is 2.81. The molecule has 1 aromatic carbocycles. The fourth-order valence-corrected chi connectivity index (χ4v) is 2.75. The van der Waals surface area contributed by atoms with E-state index in [2.05, 4.69) is 0 Å². The third-order valence-corrected chi connectivity index (χ3v) is 3.94. The molecule has 0 heterocycles. The number of carbonyl (C=O) groups is 1. The molecule has 0 atom stereocenters. The fraction of sp³-hybridized carbons (Fsp3) is 0.500. The zero-order valence-corrected chi connectivity index (χ0v) is 13.1. The Morgan fingerprint density at radius 2 is 1.90 bits per heavy atom. The van der Waals surface area contributed by atoms with Crippen LogP contribution < -0.4 is 9.04 Å². The van der Waals surface area contributed by atoms with E-state index in [1.54, 1.807) is 24.3 Å². The number of sulfonamides is 1. The molecule has 0 spiro atoms. The molecule has 7 heteroatoms. The van der Waals surface area contributed by atoms with Gasteiger partial charge < -0.3 is 9.84 Å². The minimum atomic E-state index is -3.45. The standard InChI is InChI=1S/C14H21NO5S/c1-3-11-20-13-8-6-12(7-9-13)15(21(2,18)19)10-4-5-14(16)17/h6-9H,3-5,10-11H2,1-2H3,(H,16,17). The Morgan fingerprint density at radius 3 is 2.38 bits per heavy atom. The van der Waals surface area contributed by atoms with E-state index in [1.165, 1.54) is 4.31 Å². The first-order valence-corrected chi connectivity index (χ1v) is 8.61. The molecule has 1 aromatic rings. The molecule has 0 aromatic heterocycles. The molecule has 0 amide bonds. The Labute approximate surface area is 125 Å². The highest BCUT2D eigenvalue weighted by molar-refractivity contribution is 7.92. The molecule has 0 fully saturated rings. The van der Waals surface area contributed by atoms with E-state index in [4.69, 9.17) is 9.84 Å². The average molecular weight is 315 g/mol. The molecule has 6 nitrogen and oxygen atoms in total. The second-order valence-corrected chi connectivity index (χ2v) is 6.58. The summed E-state index contributed by atoms with van der Waals surface area (Å²) in [6, 6.07) is 6.74. The lowest BCUT2D eigenvalue weighted by Crippen LogP contribution is -2.31. The molecule has 0 aliphatic rings. The van der Waals surface area contributed by atoms with E-state index in [9.17, 15) is 13.2 Å². The van der Waals surface area contributed by atoms with Crippen LogP contribution in [0.5, 0.6) is 5.75 Å². The molecule has 0 bridgehead atoms. The molecule has 0 radical (unpaired) electrons. The number of hydrogen-bond acceptors (Lipinski definition) is 4. The van der Waals surface area contributed by atoms with E-state index >= 15 is 0 Å². The number of carboxylic acid groups (broad SMARTS) is 1. The second-order valence-electron chi connectivity index (χ2n) is 4.67. The van der Waals surface area contributed by atoms with Gasteiger partial charge in [-0.1, -0.05) is 6.92 Å². The summed E-state index contributed by atoms with van der Waals surface area (Å²) >= 11 is 0. The van der Waals surface area contributed by atoms with Crippen LogP contribution >= 0.6 is 0 Å². The van der Waals surface area contributed by atoms with Crippen molar-refractivity contribution in [1.29, 1.82) is 0 Å². The summed E-state index contributed by atoms with van der Waals surface area (Å²) in [5.41, 5.74) is 0.506. The molecule has 0 aliphatic carbocycles. The van der Waals surface area contributed by atoms with Gasteiger partial charge in [0, 0.05) is 13.0 Å². The van der Waals surface area contributed by atoms with Gasteiger partial charge in [0.15, 0.2) is 0 Å². The van der Waals surface area contributed by atoms with E-state index in [0.29, 0.717) is 18.0 Å². The molecule has 0 saturated carbocycles. The maximum atomic E-state index is 11.8. The third kappa shape index (κ3) is 6.03. The Kier molecular flexibility index (Phi) is 6.48. The minimum Gasteiger partial charge on any atom is -0.494 e. The fourth-order valence-electron chi connectivity index (χ4n) is 1.79. The number of rotatable bonds is 9. The molecular formula is C14H21NO5S. The first kappa shape index (κ1) is 17.3. The highest BCUT2D eigenvalue weighted by Crippen LogP contribution is 2.22. The summed E-state index contributed by atoms with van der Waals surface area (Å²) in [6.45, 7) is 2.75. The predicted octanol–water partition coefficient (Wildman–Crippen LogP) is 2.11. The second kappa shape index (κ2) is 7.87. The first-order valence-electron chi connectivity index (χ1n) is 6.77. The maximum absolute atomic E-state index is 11.8. The predicted molar refractivity (Wildman–Crippen MR) is 81.3 cm³/mol. The smallest absolute Gasteiger partial charge is 0.303 e. The van der Waals surface area contributed by atoms with E-state index in [1.807, 2.05) is 6.92 Å². The molecule has 118 valence electrons. The van der Waals surface area contributed by atoms with Gasteiger partial charge in [-0.2, -0.15) is 0 Å². The van der Waals surface area contributed by atoms with Crippen LogP contribution in [0.4, 0.5) is 5.69 Å². The van der Waals surface area contributed by atoms with Crippen LogP contribution in [-0.2, 0) is 14.8 Å². The van der Waals surface area contributed by atoms with Crippen molar-refractivity contribution in [3.8, 4) is 5.75 Å². The number of ether oxygens (including phenoxy) is 1. The molecular weight excluding hydrogens is 294 g/mol. The van der Waals surface area contributed by atoms with Crippen molar-refractivity contribution >= 4 is 21.7 Å². The van der Waals surface area contributed by atoms with Crippen LogP contribution in [0.2, 0.25) is 0 Å². The Morgan fingerprint density at radius 1 is 1.29 bits per heavy atom. The van der Waals surface area contributed by atoms with Gasteiger partial charge in [0.2, 0.25) is 10.0 Å². The zero-order valence-electron chi connectivity index (χ0n) is 12.3. The molecule has 0 aliphatic heterocycles. The summed E-state index contributed by atoms with van der Waals surface area (Å²) in [5, 5.41) is 8.63. The first-order chi connectivity index (χ1) is 9.84. The SMILES string of the molecule is CCCOc1ccc(N(CCCC(=O)O)S(C)(=O)=O)cc1. The van der Waals surface area contributed by atoms with Crippen molar-refractivity contribution in [3.63, 3.8) is 0 Å². The normalized spacial score (nSPS) is 11.1. The summed E-state index contributed by atoms with van der Waals surface area (Å²) < 4.78 is 30.3. The summed E-state index contributed by atoms with van der Waals surface area (Å²) in [6.07, 6.45) is 2.20. The number of anilines is 1. The van der Waals surface area contributed by atoms with Gasteiger partial charge in [-0.25, -0.2) is 8.42 Å². The monoisotopic (exact) mass is 315 g/mol. The number of carboxylic acids is 1. The van der Waals surface area contributed by atoms with Crippen molar-refractivity contribution in [1.82, 2.24) is 0 Å². The zero-order chi connectivity index (χ0) is 15.9. The lowest BCUT2D eigenvalue weighted by atomic mass is 10.2. The van der Waals surface area contributed by atoms with Crippen molar-refractivity contribution in [3.05, 3.63) is 24.3 Å². The van der Waals surface area contributed by atoms with E-state index in [-0.39, 0.29) is 19.4 Å². The summed E-state index contributed by atoms with van der Waals surface area (Å²) in [7, 11) is -3.45. The third-order valence-electron chi connectivity index (χ3n) is 2.75. The van der Waals surface area contributed by atoms with Crippen molar-refractivity contribution < 1.29 is 23.1 Å². The van der Waals surface area contributed by atoms with Crippen molar-refractivity contribution in [2.24, 2.45) is 0 Å². The largest absolute Gasteiger partial charge is 0.494 e. The van der Waals surface area contributed by atoms with Gasteiger partial charge in [-0.05, 0) is 37.1 Å².